The highest BCUT2D eigenvalue weighted by Crippen LogP contribution is 2.19. The molecule has 1 aliphatic carbocycles. The fourth-order valence-electron chi connectivity index (χ4n) is 2.32. The van der Waals surface area contributed by atoms with Crippen LogP contribution in [0.2, 0.25) is 0 Å². The van der Waals surface area contributed by atoms with E-state index >= 15 is 0 Å². The number of aryl methyl sites for hydroxylation is 1. The smallest absolute Gasteiger partial charge is 0.275 e. The van der Waals surface area contributed by atoms with E-state index in [9.17, 15) is 14.4 Å². The lowest BCUT2D eigenvalue weighted by atomic mass is 10.2. The monoisotopic (exact) mass is 411 g/mol. The van der Waals surface area contributed by atoms with E-state index in [0.29, 0.717) is 11.7 Å². The first kappa shape index (κ1) is 19.4. The maximum Gasteiger partial charge on any atom is 0.275 e. The first-order valence-electron chi connectivity index (χ1n) is 8.27. The Bertz CT molecular complexity index is 661. The van der Waals surface area contributed by atoms with E-state index < -0.39 is 0 Å². The molecule has 0 aliphatic heterocycles. The zero-order valence-electron chi connectivity index (χ0n) is 14.4. The second-order valence-corrected chi connectivity index (χ2v) is 7.35. The summed E-state index contributed by atoms with van der Waals surface area (Å²) in [5, 5.41) is 8.23. The van der Waals surface area contributed by atoms with Gasteiger partial charge in [0, 0.05) is 16.2 Å². The highest BCUT2D eigenvalue weighted by Gasteiger charge is 2.24. The molecular formula is C17H24BrN4O3+. The van der Waals surface area contributed by atoms with Crippen LogP contribution in [0.25, 0.3) is 0 Å². The molecule has 1 fully saturated rings. The van der Waals surface area contributed by atoms with Crippen molar-refractivity contribution in [1.82, 2.24) is 10.6 Å². The Morgan fingerprint density at radius 2 is 1.84 bits per heavy atom. The van der Waals surface area contributed by atoms with Crippen molar-refractivity contribution >= 4 is 39.3 Å². The summed E-state index contributed by atoms with van der Waals surface area (Å²) in [4.78, 5) is 36.3. The van der Waals surface area contributed by atoms with Gasteiger partial charge in [-0.1, -0.05) is 15.9 Å². The summed E-state index contributed by atoms with van der Waals surface area (Å²) in [6.07, 6.45) is 2.08. The molecule has 0 aromatic heterocycles. The van der Waals surface area contributed by atoms with Crippen LogP contribution in [0.5, 0.6) is 0 Å². The standard InChI is InChI=1S/C17H23BrN4O3/c1-11-7-12(18)3-6-14(11)21-15(23)8-19-16(24)9-22(2)10-17(25)20-13-4-5-13/h3,6-7,13H,4-5,8-10H2,1-2H3,(H,19,24)(H,20,25)(H,21,23)/p+1. The number of benzene rings is 1. The minimum absolute atomic E-state index is 0.0451. The number of rotatable bonds is 8. The fraction of sp³-hybridized carbons (Fsp3) is 0.471. The molecule has 7 nitrogen and oxygen atoms in total. The molecule has 4 N–H and O–H groups in total. The lowest BCUT2D eigenvalue weighted by Gasteiger charge is -2.14. The summed E-state index contributed by atoms with van der Waals surface area (Å²) in [6.45, 7) is 2.18. The lowest BCUT2D eigenvalue weighted by molar-refractivity contribution is -0.862. The van der Waals surface area contributed by atoms with Crippen molar-refractivity contribution in [2.45, 2.75) is 25.8 Å². The van der Waals surface area contributed by atoms with Crippen molar-refractivity contribution in [3.8, 4) is 0 Å². The van der Waals surface area contributed by atoms with Gasteiger partial charge in [-0.25, -0.2) is 0 Å². The molecule has 136 valence electrons. The number of hydrogen-bond donors (Lipinski definition) is 4. The summed E-state index contributed by atoms with van der Waals surface area (Å²) < 4.78 is 0.938. The number of halogens is 1. The minimum atomic E-state index is -0.289. The van der Waals surface area contributed by atoms with E-state index in [1.165, 1.54) is 0 Å². The molecule has 0 radical (unpaired) electrons. The quantitative estimate of drug-likeness (QED) is 0.469. The largest absolute Gasteiger partial charge is 0.348 e. The second kappa shape index (κ2) is 8.96. The van der Waals surface area contributed by atoms with Gasteiger partial charge in [0.05, 0.1) is 13.6 Å². The first-order chi connectivity index (χ1) is 11.8. The van der Waals surface area contributed by atoms with Gasteiger partial charge >= 0.3 is 0 Å². The number of carbonyl (C=O) groups excluding carboxylic acids is 3. The Morgan fingerprint density at radius 3 is 2.48 bits per heavy atom. The molecular weight excluding hydrogens is 388 g/mol. The minimum Gasteiger partial charge on any atom is -0.348 e. The number of quaternary nitrogens is 1. The number of hydrogen-bond acceptors (Lipinski definition) is 3. The molecule has 25 heavy (non-hydrogen) atoms. The van der Waals surface area contributed by atoms with Gasteiger partial charge in [0.25, 0.3) is 11.8 Å². The molecule has 1 atom stereocenters. The maximum absolute atomic E-state index is 11.9. The van der Waals surface area contributed by atoms with Gasteiger partial charge in [-0.15, -0.1) is 0 Å². The molecule has 1 aliphatic rings. The molecule has 0 spiro atoms. The summed E-state index contributed by atoms with van der Waals surface area (Å²) in [7, 11) is 1.78. The van der Waals surface area contributed by atoms with Crippen LogP contribution in [0.1, 0.15) is 18.4 Å². The zero-order valence-corrected chi connectivity index (χ0v) is 16.0. The predicted molar refractivity (Wildman–Crippen MR) is 98.3 cm³/mol. The Hall–Kier alpha value is -1.93. The zero-order chi connectivity index (χ0) is 18.4. The van der Waals surface area contributed by atoms with Crippen LogP contribution < -0.4 is 20.9 Å². The second-order valence-electron chi connectivity index (χ2n) is 6.44. The highest BCUT2D eigenvalue weighted by molar-refractivity contribution is 9.10. The molecule has 2 rings (SSSR count). The topological polar surface area (TPSA) is 91.7 Å². The number of likely N-dealkylation sites (N-methyl/N-ethyl adjacent to an activating group) is 1. The lowest BCUT2D eigenvalue weighted by Crippen LogP contribution is -3.11. The molecule has 1 saturated carbocycles. The van der Waals surface area contributed by atoms with Crippen molar-refractivity contribution in [1.29, 1.82) is 0 Å². The summed E-state index contributed by atoms with van der Waals surface area (Å²) in [6, 6.07) is 5.86. The number of nitrogens with one attached hydrogen (secondary N) is 4. The Labute approximate surface area is 155 Å². The molecule has 1 aromatic carbocycles. The average Bonchev–Trinajstić information content (AvgIpc) is 3.31. The van der Waals surface area contributed by atoms with E-state index in [0.717, 1.165) is 27.8 Å². The van der Waals surface area contributed by atoms with Crippen LogP contribution in [0.15, 0.2) is 22.7 Å². The van der Waals surface area contributed by atoms with Crippen molar-refractivity contribution in [2.24, 2.45) is 0 Å². The van der Waals surface area contributed by atoms with E-state index in [1.54, 1.807) is 13.1 Å². The summed E-state index contributed by atoms with van der Waals surface area (Å²) in [5.41, 5.74) is 1.64. The fourth-order valence-corrected chi connectivity index (χ4v) is 2.80. The van der Waals surface area contributed by atoms with E-state index in [-0.39, 0.29) is 37.4 Å². The van der Waals surface area contributed by atoms with Crippen molar-refractivity contribution in [3.63, 3.8) is 0 Å². The van der Waals surface area contributed by atoms with E-state index in [2.05, 4.69) is 31.9 Å². The molecule has 0 saturated heterocycles. The third-order valence-corrected chi connectivity index (χ3v) is 4.27. The number of amides is 3. The van der Waals surface area contributed by atoms with Crippen LogP contribution in [0.3, 0.4) is 0 Å². The maximum atomic E-state index is 11.9. The van der Waals surface area contributed by atoms with Gasteiger partial charge in [-0.3, -0.25) is 14.4 Å². The van der Waals surface area contributed by atoms with Gasteiger partial charge in [-0.2, -0.15) is 0 Å². The van der Waals surface area contributed by atoms with Crippen LogP contribution in [0.4, 0.5) is 5.69 Å². The highest BCUT2D eigenvalue weighted by atomic mass is 79.9. The number of carbonyl (C=O) groups is 3. The Kier molecular flexibility index (Phi) is 6.95. The molecule has 3 amide bonds. The Morgan fingerprint density at radius 1 is 1.16 bits per heavy atom. The molecule has 1 unspecified atom stereocenters. The normalized spacial score (nSPS) is 14.5. The first-order valence-corrected chi connectivity index (χ1v) is 9.06. The molecule has 1 aromatic rings. The van der Waals surface area contributed by atoms with Crippen molar-refractivity contribution < 1.29 is 19.3 Å². The average molecular weight is 412 g/mol. The predicted octanol–water partition coefficient (Wildman–Crippen LogP) is -0.394. The van der Waals surface area contributed by atoms with Crippen LogP contribution in [-0.4, -0.2) is 50.4 Å². The molecule has 0 bridgehead atoms. The van der Waals surface area contributed by atoms with Gasteiger partial charge in [-0.05, 0) is 43.5 Å². The molecule has 0 heterocycles. The van der Waals surface area contributed by atoms with Crippen LogP contribution in [0, 0.1) is 6.92 Å². The van der Waals surface area contributed by atoms with Gasteiger partial charge in [0.2, 0.25) is 5.91 Å². The third-order valence-electron chi connectivity index (χ3n) is 3.78. The van der Waals surface area contributed by atoms with Gasteiger partial charge in [0.1, 0.15) is 0 Å². The van der Waals surface area contributed by atoms with Crippen LogP contribution >= 0.6 is 15.9 Å². The van der Waals surface area contributed by atoms with Crippen molar-refractivity contribution in [2.75, 3.05) is 32.0 Å². The van der Waals surface area contributed by atoms with Crippen molar-refractivity contribution in [3.05, 3.63) is 28.2 Å². The Balaban J connectivity index is 1.67. The third kappa shape index (κ3) is 7.23. The van der Waals surface area contributed by atoms with E-state index in [1.807, 2.05) is 19.1 Å². The summed E-state index contributed by atoms with van der Waals surface area (Å²) >= 11 is 3.37. The number of anilines is 1. The van der Waals surface area contributed by atoms with E-state index in [4.69, 9.17) is 0 Å². The SMILES string of the molecule is Cc1cc(Br)ccc1NC(=O)CNC(=O)C[NH+](C)CC(=O)NC1CC1. The summed E-state index contributed by atoms with van der Waals surface area (Å²) in [5.74, 6) is -0.599. The van der Waals surface area contributed by atoms with Crippen LogP contribution in [-0.2, 0) is 14.4 Å². The van der Waals surface area contributed by atoms with Gasteiger partial charge < -0.3 is 20.9 Å². The molecule has 8 heteroatoms. The van der Waals surface area contributed by atoms with Gasteiger partial charge in [0.15, 0.2) is 13.1 Å².